The first kappa shape index (κ1) is 27.5. The van der Waals surface area contributed by atoms with Crippen LogP contribution in [0.1, 0.15) is 26.3 Å². The molecule has 0 saturated carbocycles. The molecule has 0 radical (unpaired) electrons. The number of thioether (sulfide) groups is 1. The Hall–Kier alpha value is -5.02. The number of ether oxygens (including phenoxy) is 3. The number of ketones is 1. The predicted molar refractivity (Wildman–Crippen MR) is 158 cm³/mol. The van der Waals surface area contributed by atoms with E-state index in [2.05, 4.69) is 10.6 Å². The van der Waals surface area contributed by atoms with E-state index in [0.29, 0.717) is 39.6 Å². The fraction of sp³-hybridized carbons (Fsp3) is 0.0938. The largest absolute Gasteiger partial charge is 0.497 e. The summed E-state index contributed by atoms with van der Waals surface area (Å²) >= 11 is 1.35. The van der Waals surface area contributed by atoms with Gasteiger partial charge in [-0.1, -0.05) is 36.4 Å². The number of nitrogens with one attached hydrogen (secondary N) is 2. The van der Waals surface area contributed by atoms with E-state index in [4.69, 9.17) is 14.2 Å². The number of carbonyl (C=O) groups excluding carboxylic acids is 3. The number of fused-ring (bicyclic) bond motifs is 1. The number of methoxy groups -OCH3 is 1. The average Bonchev–Trinajstić information content (AvgIpc) is 3.48. The van der Waals surface area contributed by atoms with Crippen molar-refractivity contribution in [3.8, 4) is 17.2 Å². The number of benzene rings is 4. The summed E-state index contributed by atoms with van der Waals surface area (Å²) < 4.78 is 16.0. The maximum atomic E-state index is 13.4. The van der Waals surface area contributed by atoms with Crippen molar-refractivity contribution < 1.29 is 28.6 Å². The summed E-state index contributed by atoms with van der Waals surface area (Å²) in [6, 6.07) is 28.1. The fourth-order valence-electron chi connectivity index (χ4n) is 4.00. The minimum atomic E-state index is -0.504. The van der Waals surface area contributed by atoms with Crippen LogP contribution >= 0.6 is 11.8 Å². The first-order valence-electron chi connectivity index (χ1n) is 12.7. The first-order valence-corrected chi connectivity index (χ1v) is 13.7. The van der Waals surface area contributed by atoms with E-state index in [1.165, 1.54) is 11.8 Å². The molecule has 0 fully saturated rings. The molecule has 0 saturated heterocycles. The molecule has 0 aromatic heterocycles. The van der Waals surface area contributed by atoms with Gasteiger partial charge in [-0.25, -0.2) is 0 Å². The van der Waals surface area contributed by atoms with Gasteiger partial charge in [-0.05, 0) is 72.3 Å². The van der Waals surface area contributed by atoms with Crippen molar-refractivity contribution in [3.05, 3.63) is 119 Å². The molecule has 1 aliphatic rings. The standard InChI is InChI=1S/C32H26N2O6S/c1-38-25-11-5-7-21(15-25)16-27(34-31(36)22-8-3-2-4-9-22)32(37)33-24-10-6-12-26(18-24)41-19-28(35)23-13-14-29-30(17-23)40-20-39-29/h2-18H,19-20H2,1H3,(H,33,37)(H,34,36)/b27-16-. The Labute approximate surface area is 241 Å². The second-order valence-corrected chi connectivity index (χ2v) is 9.97. The Balaban J connectivity index is 1.29. The lowest BCUT2D eigenvalue weighted by Crippen LogP contribution is -2.30. The number of rotatable bonds is 10. The van der Waals surface area contributed by atoms with Gasteiger partial charge in [0.25, 0.3) is 11.8 Å². The number of hydrogen-bond acceptors (Lipinski definition) is 7. The lowest BCUT2D eigenvalue weighted by Gasteiger charge is -2.12. The Kier molecular flexibility index (Phi) is 8.66. The highest BCUT2D eigenvalue weighted by Gasteiger charge is 2.18. The Morgan fingerprint density at radius 1 is 0.854 bits per heavy atom. The molecule has 2 N–H and O–H groups in total. The molecule has 206 valence electrons. The van der Waals surface area contributed by atoms with Crippen LogP contribution in [0.15, 0.2) is 108 Å². The third-order valence-corrected chi connectivity index (χ3v) is 7.08. The molecule has 9 heteroatoms. The van der Waals surface area contributed by atoms with E-state index in [1.807, 2.05) is 12.1 Å². The van der Waals surface area contributed by atoms with Gasteiger partial charge in [0.1, 0.15) is 11.4 Å². The lowest BCUT2D eigenvalue weighted by atomic mass is 10.1. The van der Waals surface area contributed by atoms with Crippen LogP contribution in [0.2, 0.25) is 0 Å². The van der Waals surface area contributed by atoms with E-state index < -0.39 is 11.8 Å². The fourth-order valence-corrected chi connectivity index (χ4v) is 4.85. The van der Waals surface area contributed by atoms with Crippen LogP contribution in [0.5, 0.6) is 17.2 Å². The van der Waals surface area contributed by atoms with Gasteiger partial charge in [0.05, 0.1) is 12.9 Å². The molecular weight excluding hydrogens is 540 g/mol. The van der Waals surface area contributed by atoms with E-state index in [0.717, 1.165) is 4.90 Å². The topological polar surface area (TPSA) is 103 Å². The highest BCUT2D eigenvalue weighted by molar-refractivity contribution is 8.00. The number of hydrogen-bond donors (Lipinski definition) is 2. The van der Waals surface area contributed by atoms with Gasteiger partial charge in [-0.3, -0.25) is 14.4 Å². The molecule has 1 aliphatic heterocycles. The molecule has 4 aromatic carbocycles. The second-order valence-electron chi connectivity index (χ2n) is 8.92. The smallest absolute Gasteiger partial charge is 0.272 e. The molecular formula is C32H26N2O6S. The van der Waals surface area contributed by atoms with Gasteiger partial charge in [-0.2, -0.15) is 0 Å². The summed E-state index contributed by atoms with van der Waals surface area (Å²) in [6.45, 7) is 0.145. The van der Waals surface area contributed by atoms with Crippen LogP contribution in [0.25, 0.3) is 6.08 Å². The maximum absolute atomic E-state index is 13.4. The zero-order valence-corrected chi connectivity index (χ0v) is 22.9. The molecule has 0 atom stereocenters. The van der Waals surface area contributed by atoms with E-state index in [9.17, 15) is 14.4 Å². The number of carbonyl (C=O) groups is 3. The number of amides is 2. The Bertz CT molecular complexity index is 1620. The van der Waals surface area contributed by atoms with Crippen molar-refractivity contribution in [2.24, 2.45) is 0 Å². The average molecular weight is 567 g/mol. The molecule has 0 unspecified atom stereocenters. The van der Waals surface area contributed by atoms with Gasteiger partial charge < -0.3 is 24.8 Å². The number of Topliss-reactive ketones (excluding diaryl/α,β-unsaturated/α-hetero) is 1. The van der Waals surface area contributed by atoms with Gasteiger partial charge in [0.15, 0.2) is 17.3 Å². The summed E-state index contributed by atoms with van der Waals surface area (Å²) in [6.07, 6.45) is 1.58. The molecule has 5 rings (SSSR count). The van der Waals surface area contributed by atoms with Crippen molar-refractivity contribution >= 4 is 41.1 Å². The second kappa shape index (κ2) is 12.9. The van der Waals surface area contributed by atoms with Crippen LogP contribution < -0.4 is 24.8 Å². The summed E-state index contributed by atoms with van der Waals surface area (Å²) in [5, 5.41) is 5.58. The summed E-state index contributed by atoms with van der Waals surface area (Å²) in [7, 11) is 1.56. The van der Waals surface area contributed by atoms with Gasteiger partial charge in [0, 0.05) is 21.7 Å². The molecule has 0 aliphatic carbocycles. The minimum absolute atomic E-state index is 0.0585. The van der Waals surface area contributed by atoms with E-state index in [1.54, 1.807) is 98.1 Å². The van der Waals surface area contributed by atoms with Crippen molar-refractivity contribution in [3.63, 3.8) is 0 Å². The quantitative estimate of drug-likeness (QED) is 0.142. The highest BCUT2D eigenvalue weighted by Crippen LogP contribution is 2.33. The predicted octanol–water partition coefficient (Wildman–Crippen LogP) is 5.81. The molecule has 0 bridgehead atoms. The third-order valence-electron chi connectivity index (χ3n) is 6.09. The van der Waals surface area contributed by atoms with Crippen LogP contribution in [-0.4, -0.2) is 37.3 Å². The van der Waals surface area contributed by atoms with Crippen LogP contribution in [-0.2, 0) is 4.79 Å². The summed E-state index contributed by atoms with van der Waals surface area (Å²) in [4.78, 5) is 39.8. The van der Waals surface area contributed by atoms with Gasteiger partial charge in [0.2, 0.25) is 6.79 Å². The van der Waals surface area contributed by atoms with Crippen molar-refractivity contribution in [1.82, 2.24) is 5.32 Å². The molecule has 41 heavy (non-hydrogen) atoms. The molecule has 0 spiro atoms. The monoisotopic (exact) mass is 566 g/mol. The van der Waals surface area contributed by atoms with Gasteiger partial charge in [-0.15, -0.1) is 11.8 Å². The molecule has 4 aromatic rings. The summed E-state index contributed by atoms with van der Waals surface area (Å²) in [5.41, 5.74) is 2.20. The van der Waals surface area contributed by atoms with Crippen LogP contribution in [0.3, 0.4) is 0 Å². The lowest BCUT2D eigenvalue weighted by molar-refractivity contribution is -0.113. The molecule has 8 nitrogen and oxygen atoms in total. The SMILES string of the molecule is COc1cccc(/C=C(\NC(=O)c2ccccc2)C(=O)Nc2cccc(SCC(=O)c3ccc4c(c3)OCO4)c2)c1. The minimum Gasteiger partial charge on any atom is -0.497 e. The van der Waals surface area contributed by atoms with Crippen molar-refractivity contribution in [1.29, 1.82) is 0 Å². The maximum Gasteiger partial charge on any atom is 0.272 e. The van der Waals surface area contributed by atoms with Crippen LogP contribution in [0.4, 0.5) is 5.69 Å². The Morgan fingerprint density at radius 3 is 2.49 bits per heavy atom. The number of anilines is 1. The summed E-state index contributed by atoms with van der Waals surface area (Å²) in [5.74, 6) is 1.02. The van der Waals surface area contributed by atoms with Crippen molar-refractivity contribution in [2.45, 2.75) is 4.90 Å². The molecule has 2 amide bonds. The van der Waals surface area contributed by atoms with E-state index >= 15 is 0 Å². The first-order chi connectivity index (χ1) is 20.0. The van der Waals surface area contributed by atoms with Crippen molar-refractivity contribution in [2.75, 3.05) is 25.0 Å². The van der Waals surface area contributed by atoms with Gasteiger partial charge >= 0.3 is 0 Å². The zero-order chi connectivity index (χ0) is 28.6. The highest BCUT2D eigenvalue weighted by atomic mass is 32.2. The normalized spacial score (nSPS) is 12.0. The Morgan fingerprint density at radius 2 is 1.66 bits per heavy atom. The zero-order valence-electron chi connectivity index (χ0n) is 22.1. The van der Waals surface area contributed by atoms with Crippen LogP contribution in [0, 0.1) is 0 Å². The van der Waals surface area contributed by atoms with E-state index in [-0.39, 0.29) is 24.0 Å². The molecule has 1 heterocycles. The third kappa shape index (κ3) is 7.14.